The minimum Gasteiger partial charge on any atom is -0.496 e. The van der Waals surface area contributed by atoms with Crippen LogP contribution in [0.1, 0.15) is 23.2 Å². The van der Waals surface area contributed by atoms with Crippen LogP contribution in [0.15, 0.2) is 36.4 Å². The number of methoxy groups -OCH3 is 1. The lowest BCUT2D eigenvalue weighted by Gasteiger charge is -2.32. The van der Waals surface area contributed by atoms with E-state index < -0.39 is 0 Å². The van der Waals surface area contributed by atoms with Crippen LogP contribution in [0.5, 0.6) is 5.75 Å². The number of fused-ring (bicyclic) bond motifs is 1. The second-order valence-corrected chi connectivity index (χ2v) is 7.86. The molecule has 4 rings (SSSR count). The van der Waals surface area contributed by atoms with Crippen LogP contribution in [0.25, 0.3) is 10.8 Å². The topological polar surface area (TPSA) is 38.4 Å². The molecule has 2 aliphatic rings. The van der Waals surface area contributed by atoms with Crippen LogP contribution < -0.4 is 14.5 Å². The molecule has 0 spiro atoms. The molecule has 2 N–H and O–H groups in total. The quantitative estimate of drug-likeness (QED) is 0.771. The predicted molar refractivity (Wildman–Crippen MR) is 107 cm³/mol. The van der Waals surface area contributed by atoms with Gasteiger partial charge in [0.05, 0.1) is 46.4 Å². The summed E-state index contributed by atoms with van der Waals surface area (Å²) in [4.78, 5) is 18.6. The summed E-state index contributed by atoms with van der Waals surface area (Å²) < 4.78 is 5.46. The van der Waals surface area contributed by atoms with Gasteiger partial charge in [0.2, 0.25) is 0 Å². The van der Waals surface area contributed by atoms with Gasteiger partial charge in [-0.05, 0) is 17.5 Å². The van der Waals surface area contributed by atoms with Crippen LogP contribution in [0, 0.1) is 0 Å². The van der Waals surface area contributed by atoms with Gasteiger partial charge < -0.3 is 19.4 Å². The highest BCUT2D eigenvalue weighted by Crippen LogP contribution is 2.29. The fraction of sp³-hybridized carbons (Fsp3) is 0.500. The van der Waals surface area contributed by atoms with Crippen LogP contribution in [-0.4, -0.2) is 70.3 Å². The molecule has 2 aromatic carbocycles. The molecule has 2 aliphatic heterocycles. The van der Waals surface area contributed by atoms with Gasteiger partial charge in [-0.15, -0.1) is 0 Å². The molecule has 5 heteroatoms. The monoisotopic (exact) mass is 369 g/mol. The van der Waals surface area contributed by atoms with E-state index in [0.717, 1.165) is 48.3 Å². The number of likely N-dealkylation sites (tertiary alicyclic amines) is 1. The number of ether oxygens (including phenoxy) is 1. The molecule has 2 heterocycles. The number of piperazine rings is 1. The zero-order valence-corrected chi connectivity index (χ0v) is 16.3. The Balaban J connectivity index is 1.40. The van der Waals surface area contributed by atoms with Crippen molar-refractivity contribution < 1.29 is 19.3 Å². The van der Waals surface area contributed by atoms with Crippen molar-refractivity contribution in [2.24, 2.45) is 0 Å². The summed E-state index contributed by atoms with van der Waals surface area (Å²) in [7, 11) is 1.68. The summed E-state index contributed by atoms with van der Waals surface area (Å²) in [6.07, 6.45) is 2.78. The van der Waals surface area contributed by atoms with Crippen molar-refractivity contribution in [1.82, 2.24) is 4.90 Å². The molecular formula is C22H31N3O2+2. The highest BCUT2D eigenvalue weighted by atomic mass is 16.5. The highest BCUT2D eigenvalue weighted by molar-refractivity contribution is 6.08. The van der Waals surface area contributed by atoms with Crippen molar-refractivity contribution in [2.75, 3.05) is 59.5 Å². The van der Waals surface area contributed by atoms with Gasteiger partial charge in [0.25, 0.3) is 5.91 Å². The lowest BCUT2D eigenvalue weighted by molar-refractivity contribution is -0.954. The fourth-order valence-electron chi connectivity index (χ4n) is 4.56. The number of benzene rings is 2. The maximum Gasteiger partial charge on any atom is 0.254 e. The number of nitrogens with one attached hydrogen (secondary N) is 2. The number of hydrogen-bond donors (Lipinski definition) is 2. The molecule has 0 aromatic heterocycles. The highest BCUT2D eigenvalue weighted by Gasteiger charge is 2.27. The van der Waals surface area contributed by atoms with Gasteiger partial charge >= 0.3 is 0 Å². The molecule has 0 atom stereocenters. The first-order valence-electron chi connectivity index (χ1n) is 10.3. The first-order chi connectivity index (χ1) is 13.3. The van der Waals surface area contributed by atoms with Gasteiger partial charge in [0.15, 0.2) is 0 Å². The molecule has 2 saturated heterocycles. The molecule has 0 bridgehead atoms. The van der Waals surface area contributed by atoms with E-state index in [9.17, 15) is 4.79 Å². The average molecular weight is 370 g/mol. The van der Waals surface area contributed by atoms with Gasteiger partial charge in [0.1, 0.15) is 18.8 Å². The number of carbonyl (C=O) groups is 1. The number of quaternary nitrogens is 2. The minimum atomic E-state index is 0.151. The molecular weight excluding hydrogens is 338 g/mol. The second-order valence-electron chi connectivity index (χ2n) is 7.86. The summed E-state index contributed by atoms with van der Waals surface area (Å²) in [5.74, 6) is 0.971. The number of amides is 1. The number of rotatable bonds is 5. The Kier molecular flexibility index (Phi) is 5.60. The Hall–Kier alpha value is -2.11. The smallest absolute Gasteiger partial charge is 0.254 e. The van der Waals surface area contributed by atoms with E-state index in [1.165, 1.54) is 39.0 Å². The Morgan fingerprint density at radius 3 is 2.22 bits per heavy atom. The summed E-state index contributed by atoms with van der Waals surface area (Å²) in [6.45, 7) is 9.05. The predicted octanol–water partition coefficient (Wildman–Crippen LogP) is -0.132. The van der Waals surface area contributed by atoms with Crippen LogP contribution in [0.4, 0.5) is 0 Å². The minimum absolute atomic E-state index is 0.151. The van der Waals surface area contributed by atoms with E-state index >= 15 is 0 Å². The van der Waals surface area contributed by atoms with Gasteiger partial charge in [-0.3, -0.25) is 4.79 Å². The van der Waals surface area contributed by atoms with E-state index in [2.05, 4.69) is 0 Å². The number of hydrogen-bond acceptors (Lipinski definition) is 2. The summed E-state index contributed by atoms with van der Waals surface area (Å²) in [6, 6.07) is 11.8. The van der Waals surface area contributed by atoms with E-state index in [0.29, 0.717) is 0 Å². The van der Waals surface area contributed by atoms with Crippen molar-refractivity contribution in [3.8, 4) is 5.75 Å². The van der Waals surface area contributed by atoms with E-state index in [-0.39, 0.29) is 5.91 Å². The zero-order chi connectivity index (χ0) is 18.6. The van der Waals surface area contributed by atoms with Gasteiger partial charge in [-0.25, -0.2) is 0 Å². The van der Waals surface area contributed by atoms with Gasteiger partial charge in [0, 0.05) is 23.8 Å². The normalized spacial score (nSPS) is 18.9. The third-order valence-electron chi connectivity index (χ3n) is 6.23. The van der Waals surface area contributed by atoms with Crippen LogP contribution >= 0.6 is 0 Å². The van der Waals surface area contributed by atoms with E-state index in [4.69, 9.17) is 4.74 Å². The molecule has 1 amide bonds. The summed E-state index contributed by atoms with van der Waals surface area (Å²) in [5, 5.41) is 1.98. The Labute approximate surface area is 161 Å². The molecule has 27 heavy (non-hydrogen) atoms. The summed E-state index contributed by atoms with van der Waals surface area (Å²) >= 11 is 0. The molecule has 0 aliphatic carbocycles. The summed E-state index contributed by atoms with van der Waals surface area (Å²) in [5.41, 5.74) is 0.788. The third-order valence-corrected chi connectivity index (χ3v) is 6.23. The van der Waals surface area contributed by atoms with E-state index in [1.807, 2.05) is 41.3 Å². The molecule has 0 radical (unpaired) electrons. The Morgan fingerprint density at radius 1 is 0.926 bits per heavy atom. The SMILES string of the molecule is COc1ccc(C(=O)N2CC[NH+](CC[NH+]3CCCC3)CC2)c2ccccc12. The zero-order valence-electron chi connectivity index (χ0n) is 16.3. The van der Waals surface area contributed by atoms with Crippen LogP contribution in [0.3, 0.4) is 0 Å². The van der Waals surface area contributed by atoms with E-state index in [1.54, 1.807) is 16.9 Å². The number of nitrogens with zero attached hydrogens (tertiary/aromatic N) is 1. The maximum absolute atomic E-state index is 13.2. The van der Waals surface area contributed by atoms with Gasteiger partial charge in [-0.1, -0.05) is 24.3 Å². The standard InChI is InChI=1S/C22H29N3O2/c1-27-21-9-8-20(18-6-2-3-7-19(18)21)22(26)25-16-14-24(15-17-25)13-12-23-10-4-5-11-23/h2-3,6-9H,4-5,10-17H2,1H3/p+2. The van der Waals surface area contributed by atoms with Crippen molar-refractivity contribution in [2.45, 2.75) is 12.8 Å². The molecule has 5 nitrogen and oxygen atoms in total. The number of carbonyl (C=O) groups excluding carboxylic acids is 1. The molecule has 2 aromatic rings. The van der Waals surface area contributed by atoms with Crippen molar-refractivity contribution >= 4 is 16.7 Å². The fourth-order valence-corrected chi connectivity index (χ4v) is 4.56. The third kappa shape index (κ3) is 3.94. The van der Waals surface area contributed by atoms with Crippen molar-refractivity contribution in [3.05, 3.63) is 42.0 Å². The molecule has 0 saturated carbocycles. The van der Waals surface area contributed by atoms with Crippen LogP contribution in [-0.2, 0) is 0 Å². The van der Waals surface area contributed by atoms with Gasteiger partial charge in [-0.2, -0.15) is 0 Å². The Morgan fingerprint density at radius 2 is 1.56 bits per heavy atom. The first kappa shape index (κ1) is 18.3. The molecule has 0 unspecified atom stereocenters. The lowest BCUT2D eigenvalue weighted by atomic mass is 10.0. The Bertz CT molecular complexity index is 793. The van der Waals surface area contributed by atoms with Crippen molar-refractivity contribution in [3.63, 3.8) is 0 Å². The largest absolute Gasteiger partial charge is 0.496 e. The second kappa shape index (κ2) is 8.28. The van der Waals surface area contributed by atoms with Crippen molar-refractivity contribution in [1.29, 1.82) is 0 Å². The van der Waals surface area contributed by atoms with Crippen LogP contribution in [0.2, 0.25) is 0 Å². The average Bonchev–Trinajstić information content (AvgIpc) is 3.25. The molecule has 2 fully saturated rings. The lowest BCUT2D eigenvalue weighted by Crippen LogP contribution is -3.21. The molecule has 144 valence electrons. The first-order valence-corrected chi connectivity index (χ1v) is 10.3. The maximum atomic E-state index is 13.2.